The minimum atomic E-state index is 0.0423. The molecule has 0 bridgehead atoms. The Morgan fingerprint density at radius 3 is 2.79 bits per heavy atom. The number of unbranched alkanes of at least 4 members (excludes halogenated alkanes) is 2. The van der Waals surface area contributed by atoms with Crippen molar-refractivity contribution in [2.75, 3.05) is 6.54 Å². The molecule has 0 aromatic heterocycles. The number of carbonyl (C=O) groups excluding carboxylic acids is 1. The molecule has 0 radical (unpaired) electrons. The molecule has 3 N–H and O–H groups in total. The molecule has 0 aliphatic rings. The van der Waals surface area contributed by atoms with Gasteiger partial charge in [-0.2, -0.15) is 0 Å². The fraction of sp³-hybridized carbons (Fsp3) is 0.533. The minimum absolute atomic E-state index is 0.0423. The maximum Gasteiger partial charge on any atom is 0.220 e. The van der Waals surface area contributed by atoms with Crippen LogP contribution in [0.3, 0.4) is 0 Å². The molecule has 0 aliphatic heterocycles. The second-order valence-electron chi connectivity index (χ2n) is 4.68. The number of nitrogens with two attached hydrogens (primary N) is 1. The topological polar surface area (TPSA) is 55.1 Å². The van der Waals surface area contributed by atoms with Crippen molar-refractivity contribution in [3.05, 3.63) is 34.9 Å². The van der Waals surface area contributed by atoms with Crippen LogP contribution in [0.5, 0.6) is 0 Å². The molecule has 0 heterocycles. The Morgan fingerprint density at radius 2 is 2.16 bits per heavy atom. The second-order valence-corrected chi connectivity index (χ2v) is 5.12. The summed E-state index contributed by atoms with van der Waals surface area (Å²) < 4.78 is 0. The molecule has 4 heteroatoms. The van der Waals surface area contributed by atoms with Crippen molar-refractivity contribution in [1.82, 2.24) is 5.32 Å². The third kappa shape index (κ3) is 6.08. The summed E-state index contributed by atoms with van der Waals surface area (Å²) in [5.74, 6) is 0.101. The van der Waals surface area contributed by atoms with E-state index in [1.54, 1.807) is 0 Å². The predicted molar refractivity (Wildman–Crippen MR) is 80.1 cm³/mol. The highest BCUT2D eigenvalue weighted by Crippen LogP contribution is 2.20. The molecule has 0 spiro atoms. The van der Waals surface area contributed by atoms with Crippen LogP contribution >= 0.6 is 11.6 Å². The summed E-state index contributed by atoms with van der Waals surface area (Å²) in [5, 5.41) is 3.76. The molecule has 0 aliphatic carbocycles. The third-order valence-electron chi connectivity index (χ3n) is 3.10. The first-order chi connectivity index (χ1) is 9.17. The Hall–Kier alpha value is -1.06. The molecule has 0 fully saturated rings. The first-order valence-electron chi connectivity index (χ1n) is 6.92. The van der Waals surface area contributed by atoms with Gasteiger partial charge < -0.3 is 11.1 Å². The summed E-state index contributed by atoms with van der Waals surface area (Å²) in [5.41, 5.74) is 6.49. The molecule has 1 atom stereocenters. The Bertz CT molecular complexity index is 395. The van der Waals surface area contributed by atoms with Gasteiger partial charge in [0.2, 0.25) is 5.91 Å². The van der Waals surface area contributed by atoms with Crippen molar-refractivity contribution in [2.24, 2.45) is 5.73 Å². The van der Waals surface area contributed by atoms with Crippen molar-refractivity contribution in [2.45, 2.75) is 45.1 Å². The van der Waals surface area contributed by atoms with Crippen LogP contribution in [0.25, 0.3) is 0 Å². The molecule has 3 nitrogen and oxygen atoms in total. The number of hydrogen-bond donors (Lipinski definition) is 2. The Kier molecular flexibility index (Phi) is 7.53. The van der Waals surface area contributed by atoms with E-state index in [-0.39, 0.29) is 11.9 Å². The second kappa shape index (κ2) is 8.94. The Labute approximate surface area is 120 Å². The van der Waals surface area contributed by atoms with Gasteiger partial charge in [-0.3, -0.25) is 4.79 Å². The van der Waals surface area contributed by atoms with E-state index in [0.29, 0.717) is 18.0 Å². The molecule has 106 valence electrons. The van der Waals surface area contributed by atoms with Crippen LogP contribution in [0.2, 0.25) is 5.02 Å². The average molecular weight is 283 g/mol. The third-order valence-corrected chi connectivity index (χ3v) is 3.34. The summed E-state index contributed by atoms with van der Waals surface area (Å²) in [4.78, 5) is 11.9. The van der Waals surface area contributed by atoms with E-state index in [1.165, 1.54) is 0 Å². The fourth-order valence-electron chi connectivity index (χ4n) is 2.02. The van der Waals surface area contributed by atoms with E-state index in [9.17, 15) is 4.79 Å². The molecule has 1 aromatic rings. The van der Waals surface area contributed by atoms with Crippen molar-refractivity contribution >= 4 is 17.5 Å². The van der Waals surface area contributed by atoms with Gasteiger partial charge in [0.05, 0.1) is 6.04 Å². The molecule has 19 heavy (non-hydrogen) atoms. The van der Waals surface area contributed by atoms with Crippen molar-refractivity contribution in [1.29, 1.82) is 0 Å². The molecule has 1 amide bonds. The van der Waals surface area contributed by atoms with Crippen LogP contribution in [0.4, 0.5) is 0 Å². The zero-order valence-electron chi connectivity index (χ0n) is 11.5. The van der Waals surface area contributed by atoms with Crippen LogP contribution in [-0.2, 0) is 4.79 Å². The van der Waals surface area contributed by atoms with Gasteiger partial charge in [0.1, 0.15) is 0 Å². The highest BCUT2D eigenvalue weighted by Gasteiger charge is 2.12. The number of rotatable bonds is 8. The first-order valence-corrected chi connectivity index (χ1v) is 7.30. The highest BCUT2D eigenvalue weighted by atomic mass is 35.5. The summed E-state index contributed by atoms with van der Waals surface area (Å²) >= 11 is 5.98. The van der Waals surface area contributed by atoms with Gasteiger partial charge in [-0.1, -0.05) is 37.1 Å². The molecule has 1 rings (SSSR count). The lowest BCUT2D eigenvalue weighted by molar-refractivity contribution is -0.122. The average Bonchev–Trinajstić information content (AvgIpc) is 2.41. The van der Waals surface area contributed by atoms with Crippen molar-refractivity contribution < 1.29 is 4.79 Å². The number of halogens is 1. The van der Waals surface area contributed by atoms with E-state index in [0.717, 1.165) is 31.2 Å². The standard InChI is InChI=1S/C15H23ClN2O/c1-2-14(12-7-6-8-13(16)11-12)18-15(19)9-4-3-5-10-17/h6-8,11,14H,2-5,9-10,17H2,1H3,(H,18,19). The lowest BCUT2D eigenvalue weighted by atomic mass is 10.0. The summed E-state index contributed by atoms with van der Waals surface area (Å²) in [6, 6.07) is 7.69. The normalized spacial score (nSPS) is 12.2. The van der Waals surface area contributed by atoms with Crippen molar-refractivity contribution in [3.63, 3.8) is 0 Å². The van der Waals surface area contributed by atoms with Crippen LogP contribution in [0, 0.1) is 0 Å². The Balaban J connectivity index is 2.46. The quantitative estimate of drug-likeness (QED) is 0.718. The van der Waals surface area contributed by atoms with E-state index in [1.807, 2.05) is 24.3 Å². The summed E-state index contributed by atoms with van der Waals surface area (Å²) in [6.45, 7) is 2.75. The number of hydrogen-bond acceptors (Lipinski definition) is 2. The SMILES string of the molecule is CCC(NC(=O)CCCCCN)c1cccc(Cl)c1. The van der Waals surface area contributed by atoms with Gasteiger partial charge in [-0.25, -0.2) is 0 Å². The largest absolute Gasteiger partial charge is 0.349 e. The maximum absolute atomic E-state index is 11.9. The van der Waals surface area contributed by atoms with E-state index < -0.39 is 0 Å². The molecular formula is C15H23ClN2O. The monoisotopic (exact) mass is 282 g/mol. The number of nitrogens with one attached hydrogen (secondary N) is 1. The van der Waals surface area contributed by atoms with Crippen LogP contribution in [-0.4, -0.2) is 12.5 Å². The van der Waals surface area contributed by atoms with Crippen LogP contribution in [0.1, 0.15) is 50.6 Å². The first kappa shape index (κ1) is 16.0. The zero-order valence-corrected chi connectivity index (χ0v) is 12.2. The van der Waals surface area contributed by atoms with Gasteiger partial charge >= 0.3 is 0 Å². The number of amides is 1. The van der Waals surface area contributed by atoms with Crippen LogP contribution in [0.15, 0.2) is 24.3 Å². The fourth-order valence-corrected chi connectivity index (χ4v) is 2.22. The highest BCUT2D eigenvalue weighted by molar-refractivity contribution is 6.30. The molecular weight excluding hydrogens is 260 g/mol. The van der Waals surface area contributed by atoms with Gasteiger partial charge in [0, 0.05) is 11.4 Å². The lowest BCUT2D eigenvalue weighted by Crippen LogP contribution is -2.27. The van der Waals surface area contributed by atoms with E-state index in [4.69, 9.17) is 17.3 Å². The lowest BCUT2D eigenvalue weighted by Gasteiger charge is -2.17. The van der Waals surface area contributed by atoms with Crippen LogP contribution < -0.4 is 11.1 Å². The molecule has 0 saturated heterocycles. The van der Waals surface area contributed by atoms with Gasteiger partial charge in [0.15, 0.2) is 0 Å². The summed E-state index contributed by atoms with van der Waals surface area (Å²) in [6.07, 6.45) is 4.32. The van der Waals surface area contributed by atoms with Gasteiger partial charge in [-0.15, -0.1) is 0 Å². The molecule has 1 unspecified atom stereocenters. The molecule has 0 saturated carbocycles. The summed E-state index contributed by atoms with van der Waals surface area (Å²) in [7, 11) is 0. The number of benzene rings is 1. The maximum atomic E-state index is 11.9. The van der Waals surface area contributed by atoms with Crippen molar-refractivity contribution in [3.8, 4) is 0 Å². The van der Waals surface area contributed by atoms with Gasteiger partial charge in [0.25, 0.3) is 0 Å². The minimum Gasteiger partial charge on any atom is -0.349 e. The number of carbonyl (C=O) groups is 1. The van der Waals surface area contributed by atoms with Gasteiger partial charge in [-0.05, 0) is 43.5 Å². The van der Waals surface area contributed by atoms with E-state index >= 15 is 0 Å². The molecule has 1 aromatic carbocycles. The van der Waals surface area contributed by atoms with E-state index in [2.05, 4.69) is 12.2 Å². The Morgan fingerprint density at radius 1 is 1.37 bits per heavy atom. The zero-order chi connectivity index (χ0) is 14.1. The smallest absolute Gasteiger partial charge is 0.220 e. The predicted octanol–water partition coefficient (Wildman–Crippen LogP) is 3.43.